The molecule has 4 heterocycles. The molecule has 144 valence electrons. The van der Waals surface area contributed by atoms with Crippen LogP contribution in [-0.4, -0.2) is 45.3 Å². The molecular formula is C21H21BrN4O2. The second-order valence-electron chi connectivity index (χ2n) is 7.59. The molecule has 1 fully saturated rings. The molecule has 1 aromatic carbocycles. The molecule has 7 heteroatoms. The molecule has 0 N–H and O–H groups in total. The van der Waals surface area contributed by atoms with Crippen molar-refractivity contribution in [3.05, 3.63) is 58.3 Å². The summed E-state index contributed by atoms with van der Waals surface area (Å²) in [6, 6.07) is 10.3. The Labute approximate surface area is 172 Å². The predicted molar refractivity (Wildman–Crippen MR) is 109 cm³/mol. The van der Waals surface area contributed by atoms with Gasteiger partial charge in [-0.15, -0.1) is 0 Å². The maximum absolute atomic E-state index is 11.8. The molecule has 1 spiro atoms. The highest BCUT2D eigenvalue weighted by Crippen LogP contribution is 2.50. The monoisotopic (exact) mass is 440 g/mol. The first-order valence-corrected chi connectivity index (χ1v) is 10.4. The van der Waals surface area contributed by atoms with Crippen LogP contribution in [0, 0.1) is 0 Å². The Kier molecular flexibility index (Phi) is 4.16. The normalized spacial score (nSPS) is 22.4. The number of hydrogen-bond acceptors (Lipinski definition) is 5. The SMILES string of the molecule is CC(=O)N1CCC2(CC1)Oc1ccc(Br)cc1C1CC(c3cccnc3)=NN12. The van der Waals surface area contributed by atoms with Gasteiger partial charge in [-0.1, -0.05) is 22.0 Å². The van der Waals surface area contributed by atoms with E-state index in [1.54, 1.807) is 13.1 Å². The fourth-order valence-corrected chi connectivity index (χ4v) is 4.84. The number of piperidine rings is 1. The van der Waals surface area contributed by atoms with Crippen LogP contribution in [0.15, 0.2) is 52.3 Å². The lowest BCUT2D eigenvalue weighted by Gasteiger charge is -2.51. The minimum atomic E-state index is -0.512. The molecule has 28 heavy (non-hydrogen) atoms. The van der Waals surface area contributed by atoms with Gasteiger partial charge in [-0.2, -0.15) is 5.10 Å². The summed E-state index contributed by atoms with van der Waals surface area (Å²) in [7, 11) is 0. The molecule has 5 rings (SSSR count). The summed E-state index contributed by atoms with van der Waals surface area (Å²) in [5, 5.41) is 7.18. The molecular weight excluding hydrogens is 420 g/mol. The maximum atomic E-state index is 11.8. The number of pyridine rings is 1. The van der Waals surface area contributed by atoms with Crippen LogP contribution >= 0.6 is 15.9 Å². The van der Waals surface area contributed by atoms with Gasteiger partial charge in [0.2, 0.25) is 11.6 Å². The lowest BCUT2D eigenvalue weighted by Crippen LogP contribution is -2.59. The molecule has 0 saturated carbocycles. The molecule has 1 unspecified atom stereocenters. The van der Waals surface area contributed by atoms with Gasteiger partial charge in [0.1, 0.15) is 5.75 Å². The number of likely N-dealkylation sites (tertiary alicyclic amines) is 1. The van der Waals surface area contributed by atoms with Gasteiger partial charge in [0.05, 0.1) is 11.8 Å². The van der Waals surface area contributed by atoms with E-state index in [1.807, 2.05) is 29.3 Å². The van der Waals surface area contributed by atoms with Crippen molar-refractivity contribution in [1.29, 1.82) is 0 Å². The largest absolute Gasteiger partial charge is 0.466 e. The van der Waals surface area contributed by atoms with E-state index in [2.05, 4.69) is 38.1 Å². The van der Waals surface area contributed by atoms with Gasteiger partial charge in [0, 0.05) is 67.3 Å². The lowest BCUT2D eigenvalue weighted by molar-refractivity contribution is -0.158. The smallest absolute Gasteiger partial charge is 0.219 e. The molecule has 1 atom stereocenters. The van der Waals surface area contributed by atoms with Crippen LogP contribution in [0.5, 0.6) is 5.75 Å². The first-order valence-electron chi connectivity index (χ1n) is 9.57. The highest BCUT2D eigenvalue weighted by Gasteiger charge is 2.52. The number of carbonyl (C=O) groups is 1. The summed E-state index contributed by atoms with van der Waals surface area (Å²) in [6.45, 7) is 2.99. The first kappa shape index (κ1) is 17.7. The molecule has 3 aliphatic heterocycles. The minimum Gasteiger partial charge on any atom is -0.466 e. The Balaban J connectivity index is 1.56. The molecule has 2 aromatic rings. The average molecular weight is 441 g/mol. The topological polar surface area (TPSA) is 58.0 Å². The van der Waals surface area contributed by atoms with E-state index < -0.39 is 5.72 Å². The second-order valence-corrected chi connectivity index (χ2v) is 8.51. The van der Waals surface area contributed by atoms with E-state index in [0.717, 1.165) is 46.3 Å². The Morgan fingerprint density at radius 3 is 2.82 bits per heavy atom. The maximum Gasteiger partial charge on any atom is 0.219 e. The van der Waals surface area contributed by atoms with E-state index >= 15 is 0 Å². The number of rotatable bonds is 1. The molecule has 0 aliphatic carbocycles. The standard InChI is InChI=1S/C21H21BrN4O2/c1-14(27)25-9-6-21(7-10-25)26-19(17-11-16(22)4-5-20(17)28-21)12-18(24-26)15-3-2-8-23-13-15/h2-5,8,11,13,19H,6-7,9-10,12H2,1H3. The van der Waals surface area contributed by atoms with Gasteiger partial charge in [0.25, 0.3) is 0 Å². The van der Waals surface area contributed by atoms with Crippen LogP contribution in [0.3, 0.4) is 0 Å². The van der Waals surface area contributed by atoms with E-state index in [1.165, 1.54) is 0 Å². The third kappa shape index (κ3) is 2.80. The van der Waals surface area contributed by atoms with Crippen molar-refractivity contribution in [3.63, 3.8) is 0 Å². The van der Waals surface area contributed by atoms with Crippen molar-refractivity contribution in [3.8, 4) is 5.75 Å². The van der Waals surface area contributed by atoms with E-state index in [0.29, 0.717) is 13.1 Å². The summed E-state index contributed by atoms with van der Waals surface area (Å²) in [5.74, 6) is 1.04. The van der Waals surface area contributed by atoms with Crippen LogP contribution in [-0.2, 0) is 4.79 Å². The number of hydrazone groups is 1. The van der Waals surface area contributed by atoms with E-state index in [4.69, 9.17) is 9.84 Å². The van der Waals surface area contributed by atoms with Gasteiger partial charge >= 0.3 is 0 Å². The summed E-state index contributed by atoms with van der Waals surface area (Å²) < 4.78 is 7.62. The third-order valence-electron chi connectivity index (χ3n) is 5.94. The Bertz CT molecular complexity index is 954. The van der Waals surface area contributed by atoms with Gasteiger partial charge in [-0.05, 0) is 24.3 Å². The summed E-state index contributed by atoms with van der Waals surface area (Å²) in [5.41, 5.74) is 2.71. The predicted octanol–water partition coefficient (Wildman–Crippen LogP) is 3.73. The summed E-state index contributed by atoms with van der Waals surface area (Å²) in [4.78, 5) is 18.0. The molecule has 1 aromatic heterocycles. The number of carbonyl (C=O) groups excluding carboxylic acids is 1. The van der Waals surface area contributed by atoms with E-state index in [9.17, 15) is 4.79 Å². The zero-order valence-electron chi connectivity index (χ0n) is 15.6. The van der Waals surface area contributed by atoms with Crippen LogP contribution in [0.2, 0.25) is 0 Å². The van der Waals surface area contributed by atoms with Crippen molar-refractivity contribution < 1.29 is 9.53 Å². The highest BCUT2D eigenvalue weighted by atomic mass is 79.9. The van der Waals surface area contributed by atoms with Gasteiger partial charge in [-0.25, -0.2) is 5.01 Å². The minimum absolute atomic E-state index is 0.118. The zero-order valence-corrected chi connectivity index (χ0v) is 17.2. The van der Waals surface area contributed by atoms with Crippen molar-refractivity contribution in [2.24, 2.45) is 5.10 Å². The number of fused-ring (bicyclic) bond motifs is 4. The molecule has 0 bridgehead atoms. The molecule has 1 amide bonds. The van der Waals surface area contributed by atoms with Crippen LogP contribution < -0.4 is 4.74 Å². The number of nitrogens with zero attached hydrogens (tertiary/aromatic N) is 4. The van der Waals surface area contributed by atoms with Gasteiger partial charge in [-0.3, -0.25) is 9.78 Å². The summed E-state index contributed by atoms with van der Waals surface area (Å²) in [6.07, 6.45) is 5.94. The van der Waals surface area contributed by atoms with Gasteiger partial charge in [0.15, 0.2) is 0 Å². The van der Waals surface area contributed by atoms with Crippen molar-refractivity contribution in [2.75, 3.05) is 13.1 Å². The second kappa shape index (κ2) is 6.58. The first-order chi connectivity index (χ1) is 13.6. The number of halogens is 1. The molecule has 0 radical (unpaired) electrons. The van der Waals surface area contributed by atoms with Crippen LogP contribution in [0.4, 0.5) is 0 Å². The fraction of sp³-hybridized carbons (Fsp3) is 0.381. The number of amides is 1. The molecule has 3 aliphatic rings. The van der Waals surface area contributed by atoms with E-state index in [-0.39, 0.29) is 11.9 Å². The summed E-state index contributed by atoms with van der Waals surface area (Å²) >= 11 is 3.59. The van der Waals surface area contributed by atoms with Crippen molar-refractivity contribution in [2.45, 2.75) is 38.0 Å². The van der Waals surface area contributed by atoms with Gasteiger partial charge < -0.3 is 9.64 Å². The Morgan fingerprint density at radius 1 is 1.29 bits per heavy atom. The Hall–Kier alpha value is -2.41. The third-order valence-corrected chi connectivity index (χ3v) is 6.44. The van der Waals surface area contributed by atoms with Crippen molar-refractivity contribution >= 4 is 27.5 Å². The number of hydrogen-bond donors (Lipinski definition) is 0. The quantitative estimate of drug-likeness (QED) is 0.677. The average Bonchev–Trinajstić information content (AvgIpc) is 3.17. The number of aromatic nitrogens is 1. The molecule has 6 nitrogen and oxygen atoms in total. The number of ether oxygens (including phenoxy) is 1. The molecule has 1 saturated heterocycles. The highest BCUT2D eigenvalue weighted by molar-refractivity contribution is 9.10. The van der Waals surface area contributed by atoms with Crippen LogP contribution in [0.25, 0.3) is 0 Å². The Morgan fingerprint density at radius 2 is 2.11 bits per heavy atom. The number of benzene rings is 1. The lowest BCUT2D eigenvalue weighted by atomic mass is 9.91. The van der Waals surface area contributed by atoms with Crippen molar-refractivity contribution in [1.82, 2.24) is 14.9 Å². The zero-order chi connectivity index (χ0) is 19.3. The fourth-order valence-electron chi connectivity index (χ4n) is 4.46. The van der Waals surface area contributed by atoms with Crippen LogP contribution in [0.1, 0.15) is 43.4 Å².